The lowest BCUT2D eigenvalue weighted by Gasteiger charge is -2.49. The molecule has 0 aromatic carbocycles. The van der Waals surface area contributed by atoms with Crippen molar-refractivity contribution in [3.8, 4) is 0 Å². The van der Waals surface area contributed by atoms with E-state index < -0.39 is 0 Å². The monoisotopic (exact) mass is 552 g/mol. The van der Waals surface area contributed by atoms with E-state index in [1.165, 1.54) is 38.4 Å². The first kappa shape index (κ1) is 28.3. The normalized spacial score (nSPS) is 26.6. The number of nitrogens with two attached hydrogens (primary N) is 1. The molecule has 37 heavy (non-hydrogen) atoms. The van der Waals surface area contributed by atoms with Gasteiger partial charge < -0.3 is 25.7 Å². The number of fused-ring (bicyclic) bond motifs is 1. The van der Waals surface area contributed by atoms with Gasteiger partial charge in [0.2, 0.25) is 5.95 Å². The first-order valence-corrected chi connectivity index (χ1v) is 13.9. The molecule has 4 fully saturated rings. The van der Waals surface area contributed by atoms with Crippen LogP contribution < -0.4 is 16.4 Å². The van der Waals surface area contributed by atoms with Crippen LogP contribution in [0, 0.1) is 0 Å². The number of carbonyl (C=O) groups is 1. The van der Waals surface area contributed by atoms with Crippen molar-refractivity contribution in [2.24, 2.45) is 5.73 Å². The Morgan fingerprint density at radius 1 is 0.892 bits per heavy atom. The molecule has 0 spiro atoms. The Bertz CT molecular complexity index is 1040. The van der Waals surface area contributed by atoms with E-state index in [2.05, 4.69) is 20.1 Å². The summed E-state index contributed by atoms with van der Waals surface area (Å²) in [5, 5.41) is 7.36. The fraction of sp³-hybridized carbons (Fsp3) is 0.769. The standard InChI is InChI=1S/C26H40N8O.2ClH/c27-18-6-8-19(9-7-18)30-25-31-23(22-24(32-25)34(17-28-22)21-4-1-2-5-21)29-20-10-14-33(15-11-20)26(16-35)12-3-13-26;;/h16-21H,1-15,27H2,(H2,29,30,31,32);2*1H. The van der Waals surface area contributed by atoms with Crippen molar-refractivity contribution in [2.75, 3.05) is 23.7 Å². The first-order valence-electron chi connectivity index (χ1n) is 13.9. The molecule has 2 aromatic rings. The van der Waals surface area contributed by atoms with Crippen molar-refractivity contribution in [3.63, 3.8) is 0 Å². The highest BCUT2D eigenvalue weighted by Gasteiger charge is 2.43. The number of likely N-dealkylation sites (tertiary alicyclic amines) is 1. The summed E-state index contributed by atoms with van der Waals surface area (Å²) in [7, 11) is 0. The molecule has 0 bridgehead atoms. The second-order valence-corrected chi connectivity index (χ2v) is 11.4. The van der Waals surface area contributed by atoms with Gasteiger partial charge in [-0.1, -0.05) is 12.8 Å². The molecule has 0 unspecified atom stereocenters. The van der Waals surface area contributed by atoms with Gasteiger partial charge in [-0.25, -0.2) is 4.98 Å². The summed E-state index contributed by atoms with van der Waals surface area (Å²) >= 11 is 0. The third-order valence-corrected chi connectivity index (χ3v) is 9.15. The van der Waals surface area contributed by atoms with Gasteiger partial charge in [0.25, 0.3) is 0 Å². The number of imidazole rings is 1. The minimum absolute atomic E-state index is 0. The lowest BCUT2D eigenvalue weighted by molar-refractivity contribution is -0.125. The summed E-state index contributed by atoms with van der Waals surface area (Å²) < 4.78 is 2.28. The smallest absolute Gasteiger partial charge is 0.227 e. The number of rotatable bonds is 7. The van der Waals surface area contributed by atoms with Gasteiger partial charge in [0.15, 0.2) is 17.0 Å². The number of aldehydes is 1. The lowest BCUT2D eigenvalue weighted by Crippen LogP contribution is -2.58. The summed E-state index contributed by atoms with van der Waals surface area (Å²) in [4.78, 5) is 28.9. The molecule has 1 saturated heterocycles. The van der Waals surface area contributed by atoms with Crippen LogP contribution in [0.5, 0.6) is 0 Å². The zero-order valence-corrected chi connectivity index (χ0v) is 23.2. The summed E-state index contributed by atoms with van der Waals surface area (Å²) in [5.74, 6) is 1.54. The van der Waals surface area contributed by atoms with E-state index >= 15 is 0 Å². The topological polar surface area (TPSA) is 114 Å². The maximum atomic E-state index is 11.8. The van der Waals surface area contributed by atoms with Crippen LogP contribution in [0.3, 0.4) is 0 Å². The number of carbonyl (C=O) groups excluding carboxylic acids is 1. The minimum Gasteiger partial charge on any atom is -0.365 e. The van der Waals surface area contributed by atoms with Crippen LogP contribution in [0.4, 0.5) is 11.8 Å². The predicted octanol–water partition coefficient (Wildman–Crippen LogP) is 4.46. The number of hydrogen-bond donors (Lipinski definition) is 3. The molecule has 0 amide bonds. The maximum Gasteiger partial charge on any atom is 0.227 e. The largest absolute Gasteiger partial charge is 0.365 e. The number of anilines is 2. The molecular formula is C26H42Cl2N8O. The number of nitrogens with zero attached hydrogens (tertiary/aromatic N) is 5. The molecule has 0 radical (unpaired) electrons. The van der Waals surface area contributed by atoms with Crippen molar-refractivity contribution in [3.05, 3.63) is 6.33 Å². The molecule has 2 aromatic heterocycles. The second-order valence-electron chi connectivity index (χ2n) is 11.4. The van der Waals surface area contributed by atoms with Crippen LogP contribution in [-0.4, -0.2) is 67.5 Å². The van der Waals surface area contributed by atoms with Gasteiger partial charge in [-0.15, -0.1) is 24.8 Å². The number of nitrogens with one attached hydrogen (secondary N) is 2. The Hall–Kier alpha value is -1.68. The van der Waals surface area contributed by atoms with Crippen LogP contribution >= 0.6 is 24.8 Å². The van der Waals surface area contributed by atoms with Crippen molar-refractivity contribution in [1.29, 1.82) is 0 Å². The molecule has 1 aliphatic heterocycles. The molecule has 3 saturated carbocycles. The number of aromatic nitrogens is 4. The van der Waals surface area contributed by atoms with Crippen molar-refractivity contribution < 1.29 is 4.79 Å². The predicted molar refractivity (Wildman–Crippen MR) is 152 cm³/mol. The van der Waals surface area contributed by atoms with Crippen LogP contribution in [0.15, 0.2) is 6.33 Å². The molecule has 9 nitrogen and oxygen atoms in total. The van der Waals surface area contributed by atoms with Gasteiger partial charge in [0.1, 0.15) is 6.29 Å². The van der Waals surface area contributed by atoms with Crippen molar-refractivity contribution in [2.45, 2.75) is 113 Å². The molecule has 3 heterocycles. The van der Waals surface area contributed by atoms with Gasteiger partial charge in [-0.3, -0.25) is 4.90 Å². The van der Waals surface area contributed by atoms with Crippen molar-refractivity contribution in [1.82, 2.24) is 24.4 Å². The zero-order valence-electron chi connectivity index (χ0n) is 21.6. The minimum atomic E-state index is -0.188. The van der Waals surface area contributed by atoms with Gasteiger partial charge in [0.05, 0.1) is 11.9 Å². The Morgan fingerprint density at radius 2 is 1.57 bits per heavy atom. The van der Waals surface area contributed by atoms with Crippen molar-refractivity contribution >= 4 is 54.0 Å². The Kier molecular flexibility index (Phi) is 9.20. The van der Waals surface area contributed by atoms with Gasteiger partial charge in [-0.05, 0) is 70.6 Å². The molecule has 3 aliphatic carbocycles. The molecule has 0 atom stereocenters. The highest BCUT2D eigenvalue weighted by Crippen LogP contribution is 2.38. The van der Waals surface area contributed by atoms with Gasteiger partial charge in [0, 0.05) is 37.3 Å². The third kappa shape index (κ3) is 5.70. The fourth-order valence-corrected chi connectivity index (χ4v) is 6.69. The average molecular weight is 554 g/mol. The fourth-order valence-electron chi connectivity index (χ4n) is 6.69. The van der Waals surface area contributed by atoms with Crippen LogP contribution in [0.1, 0.15) is 89.5 Å². The zero-order chi connectivity index (χ0) is 23.8. The number of hydrogen-bond acceptors (Lipinski definition) is 8. The van der Waals surface area contributed by atoms with E-state index in [9.17, 15) is 4.79 Å². The molecule has 4 aliphatic rings. The van der Waals surface area contributed by atoms with E-state index in [0.29, 0.717) is 30.1 Å². The molecule has 11 heteroatoms. The van der Waals surface area contributed by atoms with Crippen LogP contribution in [-0.2, 0) is 4.79 Å². The van der Waals surface area contributed by atoms with E-state index in [1.54, 1.807) is 0 Å². The second kappa shape index (κ2) is 12.0. The SMILES string of the molecule is Cl.Cl.NC1CCC(Nc2nc(NC3CCN(C4(C=O)CCC4)CC3)c3ncn(C4CCCC4)c3n2)CC1. The van der Waals surface area contributed by atoms with Gasteiger partial charge >= 0.3 is 0 Å². The van der Waals surface area contributed by atoms with Crippen LogP contribution in [0.25, 0.3) is 11.2 Å². The Morgan fingerprint density at radius 3 is 2.19 bits per heavy atom. The molecule has 206 valence electrons. The van der Waals surface area contributed by atoms with Gasteiger partial charge in [-0.2, -0.15) is 9.97 Å². The summed E-state index contributed by atoms with van der Waals surface area (Å²) in [6.07, 6.45) is 17.5. The summed E-state index contributed by atoms with van der Waals surface area (Å²) in [6.45, 7) is 1.91. The molecule has 4 N–H and O–H groups in total. The van der Waals surface area contributed by atoms with E-state index in [1.807, 2.05) is 6.33 Å². The average Bonchev–Trinajstić information content (AvgIpc) is 3.51. The van der Waals surface area contributed by atoms with Crippen LogP contribution in [0.2, 0.25) is 0 Å². The Labute approximate surface area is 231 Å². The maximum absolute atomic E-state index is 11.8. The molecule has 6 rings (SSSR count). The third-order valence-electron chi connectivity index (χ3n) is 9.15. The van der Waals surface area contributed by atoms with E-state index in [0.717, 1.165) is 81.4 Å². The lowest BCUT2D eigenvalue weighted by atomic mass is 9.75. The highest BCUT2D eigenvalue weighted by atomic mass is 35.5. The summed E-state index contributed by atoms with van der Waals surface area (Å²) in [6, 6.07) is 1.49. The van der Waals surface area contributed by atoms with E-state index in [-0.39, 0.29) is 30.4 Å². The summed E-state index contributed by atoms with van der Waals surface area (Å²) in [5.41, 5.74) is 7.75. The highest BCUT2D eigenvalue weighted by molar-refractivity contribution is 5.86. The number of piperidine rings is 1. The first-order chi connectivity index (χ1) is 17.1. The molecular weight excluding hydrogens is 511 g/mol. The van der Waals surface area contributed by atoms with E-state index in [4.69, 9.17) is 20.7 Å². The Balaban J connectivity index is 0.00000160. The number of halogens is 2. The quantitative estimate of drug-likeness (QED) is 0.431.